The normalized spacial score (nSPS) is 10.8. The maximum Gasteiger partial charge on any atom is -0.00990 e. The fourth-order valence-corrected chi connectivity index (χ4v) is 3.81. The molecule has 0 atom stereocenters. The number of rotatable bonds is 6. The van der Waals surface area contributed by atoms with Crippen molar-refractivity contribution in [3.8, 4) is 33.4 Å². The van der Waals surface area contributed by atoms with E-state index in [2.05, 4.69) is 116 Å². The topological polar surface area (TPSA) is 0 Å². The van der Waals surface area contributed by atoms with E-state index >= 15 is 0 Å². The summed E-state index contributed by atoms with van der Waals surface area (Å²) in [6.07, 6.45) is 5.71. The van der Waals surface area contributed by atoms with Crippen LogP contribution in [0.2, 0.25) is 0 Å². The Bertz CT molecular complexity index is 1210. The lowest BCUT2D eigenvalue weighted by atomic mass is 9.87. The first kappa shape index (κ1) is 19.4. The monoisotopic (exact) mass is 384 g/mol. The molecule has 0 nitrogen and oxygen atoms in total. The molecule has 0 fully saturated rings. The van der Waals surface area contributed by atoms with Crippen molar-refractivity contribution in [3.05, 3.63) is 140 Å². The second-order valence-electron chi connectivity index (χ2n) is 7.12. The van der Waals surface area contributed by atoms with Crippen molar-refractivity contribution in [2.24, 2.45) is 0 Å². The molecule has 0 saturated carbocycles. The zero-order valence-electron chi connectivity index (χ0n) is 17.0. The average molecular weight is 385 g/mol. The summed E-state index contributed by atoms with van der Waals surface area (Å²) in [6.45, 7) is 8.05. The highest BCUT2D eigenvalue weighted by Crippen LogP contribution is 2.40. The Morgan fingerprint density at radius 3 is 1.63 bits per heavy atom. The van der Waals surface area contributed by atoms with Crippen molar-refractivity contribution >= 4 is 5.57 Å². The summed E-state index contributed by atoms with van der Waals surface area (Å²) in [4.78, 5) is 0. The van der Waals surface area contributed by atoms with Gasteiger partial charge in [0.15, 0.2) is 0 Å². The summed E-state index contributed by atoms with van der Waals surface area (Å²) in [7, 11) is 0. The minimum Gasteiger partial charge on any atom is -0.0991 e. The highest BCUT2D eigenvalue weighted by Gasteiger charge is 2.14. The molecule has 4 aromatic carbocycles. The van der Waals surface area contributed by atoms with Gasteiger partial charge in [-0.25, -0.2) is 0 Å². The predicted octanol–water partition coefficient (Wildman–Crippen LogP) is 8.44. The molecular formula is C30H24. The van der Waals surface area contributed by atoms with E-state index in [9.17, 15) is 0 Å². The van der Waals surface area contributed by atoms with Gasteiger partial charge in [-0.3, -0.25) is 0 Å². The third kappa shape index (κ3) is 3.94. The number of allylic oxidation sites excluding steroid dienone is 4. The van der Waals surface area contributed by atoms with E-state index in [-0.39, 0.29) is 0 Å². The van der Waals surface area contributed by atoms with Gasteiger partial charge in [0.1, 0.15) is 0 Å². The molecule has 0 spiro atoms. The molecule has 0 saturated heterocycles. The van der Waals surface area contributed by atoms with Crippen LogP contribution in [0.25, 0.3) is 39.0 Å². The van der Waals surface area contributed by atoms with E-state index in [4.69, 9.17) is 0 Å². The van der Waals surface area contributed by atoms with Crippen LogP contribution in [0.3, 0.4) is 0 Å². The molecule has 0 heteroatoms. The Kier molecular flexibility index (Phi) is 5.87. The minimum absolute atomic E-state index is 0.969. The quantitative estimate of drug-likeness (QED) is 0.293. The molecule has 0 aliphatic rings. The van der Waals surface area contributed by atoms with Crippen LogP contribution in [0.15, 0.2) is 135 Å². The minimum atomic E-state index is 0.969. The molecule has 4 rings (SSSR count). The van der Waals surface area contributed by atoms with Crippen LogP contribution in [-0.2, 0) is 0 Å². The van der Waals surface area contributed by atoms with Gasteiger partial charge >= 0.3 is 0 Å². The number of hydrogen-bond acceptors (Lipinski definition) is 0. The summed E-state index contributed by atoms with van der Waals surface area (Å²) < 4.78 is 0. The summed E-state index contributed by atoms with van der Waals surface area (Å²) in [5.74, 6) is 0. The predicted molar refractivity (Wildman–Crippen MR) is 131 cm³/mol. The van der Waals surface area contributed by atoms with Crippen LogP contribution in [0.4, 0.5) is 0 Å². The maximum absolute atomic E-state index is 4.28. The Labute approximate surface area is 179 Å². The summed E-state index contributed by atoms with van der Waals surface area (Å²) in [5.41, 5.74) is 9.35. The third-order valence-electron chi connectivity index (χ3n) is 5.23. The van der Waals surface area contributed by atoms with Gasteiger partial charge in [0.05, 0.1) is 0 Å². The van der Waals surface area contributed by atoms with Crippen LogP contribution >= 0.6 is 0 Å². The van der Waals surface area contributed by atoms with E-state index in [1.54, 1.807) is 6.08 Å². The molecule has 0 unspecified atom stereocenters. The van der Waals surface area contributed by atoms with E-state index in [1.807, 2.05) is 12.2 Å². The van der Waals surface area contributed by atoms with Crippen LogP contribution in [0.1, 0.15) is 5.56 Å². The van der Waals surface area contributed by atoms with Gasteiger partial charge < -0.3 is 0 Å². The Balaban J connectivity index is 1.91. The van der Waals surface area contributed by atoms with Crippen molar-refractivity contribution in [2.75, 3.05) is 0 Å². The van der Waals surface area contributed by atoms with Crippen molar-refractivity contribution < 1.29 is 0 Å². The largest absolute Gasteiger partial charge is 0.0991 e. The molecule has 0 amide bonds. The molecule has 144 valence electrons. The third-order valence-corrected chi connectivity index (χ3v) is 5.23. The second kappa shape index (κ2) is 9.07. The average Bonchev–Trinajstić information content (AvgIpc) is 2.83. The van der Waals surface area contributed by atoms with Crippen LogP contribution < -0.4 is 0 Å². The van der Waals surface area contributed by atoms with Gasteiger partial charge in [0.25, 0.3) is 0 Å². The smallest absolute Gasteiger partial charge is 0.00990 e. The van der Waals surface area contributed by atoms with E-state index in [0.29, 0.717) is 0 Å². The van der Waals surface area contributed by atoms with Gasteiger partial charge in [0, 0.05) is 0 Å². The van der Waals surface area contributed by atoms with Crippen molar-refractivity contribution in [1.29, 1.82) is 0 Å². The zero-order chi connectivity index (χ0) is 20.8. The lowest BCUT2D eigenvalue weighted by Gasteiger charge is -2.17. The first-order valence-electron chi connectivity index (χ1n) is 10.1. The standard InChI is InChI=1S/C30H24/c1-3-4-14-23(2)25-17-8-10-19-27(25)29-21-12-13-22-30(29)28-20-11-9-18-26(28)24-15-6-5-7-16-24/h3-22H,1-2H2/b14-4-. The van der Waals surface area contributed by atoms with Crippen molar-refractivity contribution in [2.45, 2.75) is 0 Å². The van der Waals surface area contributed by atoms with Gasteiger partial charge in [-0.05, 0) is 44.5 Å². The van der Waals surface area contributed by atoms with Crippen LogP contribution in [0.5, 0.6) is 0 Å². The fourth-order valence-electron chi connectivity index (χ4n) is 3.81. The van der Waals surface area contributed by atoms with Gasteiger partial charge in [-0.2, -0.15) is 0 Å². The molecule has 0 bridgehead atoms. The highest BCUT2D eigenvalue weighted by molar-refractivity contribution is 5.95. The summed E-state index contributed by atoms with van der Waals surface area (Å²) in [5, 5.41) is 0. The van der Waals surface area contributed by atoms with Gasteiger partial charge in [0.2, 0.25) is 0 Å². The summed E-state index contributed by atoms with van der Waals surface area (Å²) in [6, 6.07) is 36.2. The molecule has 4 aromatic rings. The van der Waals surface area contributed by atoms with E-state index < -0.39 is 0 Å². The molecule has 0 radical (unpaired) electrons. The Morgan fingerprint density at radius 2 is 1.00 bits per heavy atom. The van der Waals surface area contributed by atoms with E-state index in [0.717, 1.165) is 11.1 Å². The molecule has 0 aliphatic heterocycles. The molecule has 0 N–H and O–H groups in total. The Hall–Kier alpha value is -3.90. The number of benzene rings is 4. The lowest BCUT2D eigenvalue weighted by Crippen LogP contribution is -1.92. The first-order chi connectivity index (χ1) is 14.8. The zero-order valence-corrected chi connectivity index (χ0v) is 17.0. The first-order valence-corrected chi connectivity index (χ1v) is 10.1. The van der Waals surface area contributed by atoms with Gasteiger partial charge in [-0.15, -0.1) is 0 Å². The number of hydrogen-bond donors (Lipinski definition) is 0. The molecule has 0 heterocycles. The van der Waals surface area contributed by atoms with Gasteiger partial charge in [-0.1, -0.05) is 135 Å². The van der Waals surface area contributed by atoms with Crippen LogP contribution in [0, 0.1) is 0 Å². The fraction of sp³-hybridized carbons (Fsp3) is 0. The molecular weight excluding hydrogens is 360 g/mol. The lowest BCUT2D eigenvalue weighted by molar-refractivity contribution is 1.54. The second-order valence-corrected chi connectivity index (χ2v) is 7.12. The van der Waals surface area contributed by atoms with E-state index in [1.165, 1.54) is 33.4 Å². The van der Waals surface area contributed by atoms with Crippen molar-refractivity contribution in [3.63, 3.8) is 0 Å². The SMILES string of the molecule is C=C/C=C\C(=C)c1ccccc1-c1ccccc1-c1ccccc1-c1ccccc1. The van der Waals surface area contributed by atoms with Crippen LogP contribution in [-0.4, -0.2) is 0 Å². The van der Waals surface area contributed by atoms with Crippen molar-refractivity contribution in [1.82, 2.24) is 0 Å². The molecule has 0 aromatic heterocycles. The molecule has 30 heavy (non-hydrogen) atoms. The molecule has 0 aliphatic carbocycles. The maximum atomic E-state index is 4.28. The summed E-state index contributed by atoms with van der Waals surface area (Å²) >= 11 is 0. The Morgan fingerprint density at radius 1 is 0.533 bits per heavy atom. The highest BCUT2D eigenvalue weighted by atomic mass is 14.2.